The van der Waals surface area contributed by atoms with E-state index in [0.29, 0.717) is 23.4 Å². The Morgan fingerprint density at radius 2 is 2.05 bits per heavy atom. The number of thioether (sulfide) groups is 1. The van der Waals surface area contributed by atoms with E-state index in [1.54, 1.807) is 0 Å². The van der Waals surface area contributed by atoms with Crippen LogP contribution in [0, 0.1) is 5.92 Å². The molecule has 3 fully saturated rings. The number of nitrogens with one attached hydrogen (secondary N) is 1. The summed E-state index contributed by atoms with van der Waals surface area (Å²) < 4.78 is 6.15. The van der Waals surface area contributed by atoms with Crippen LogP contribution < -0.4 is 11.1 Å². The lowest BCUT2D eigenvalue weighted by Crippen LogP contribution is -2.40. The van der Waals surface area contributed by atoms with Crippen molar-refractivity contribution in [1.82, 2.24) is 5.32 Å². The van der Waals surface area contributed by atoms with E-state index in [-0.39, 0.29) is 0 Å². The van der Waals surface area contributed by atoms with E-state index in [2.05, 4.69) is 24.0 Å². The third-order valence-electron chi connectivity index (χ3n) is 5.11. The van der Waals surface area contributed by atoms with Gasteiger partial charge in [-0.25, -0.2) is 0 Å². The van der Waals surface area contributed by atoms with Gasteiger partial charge in [-0.2, -0.15) is 0 Å². The zero-order valence-electron chi connectivity index (χ0n) is 12.0. The summed E-state index contributed by atoms with van der Waals surface area (Å²) in [5.41, 5.74) is 6.07. The molecule has 1 saturated heterocycles. The van der Waals surface area contributed by atoms with Gasteiger partial charge in [0.15, 0.2) is 0 Å². The second kappa shape index (κ2) is 6.33. The normalized spacial score (nSPS) is 47.1. The van der Waals surface area contributed by atoms with Gasteiger partial charge in [0.05, 0.1) is 18.1 Å². The van der Waals surface area contributed by atoms with E-state index in [4.69, 9.17) is 10.5 Å². The Morgan fingerprint density at radius 1 is 1.21 bits per heavy atom. The number of hydrogen-bond acceptors (Lipinski definition) is 4. The van der Waals surface area contributed by atoms with Crippen molar-refractivity contribution < 1.29 is 4.74 Å². The summed E-state index contributed by atoms with van der Waals surface area (Å²) in [4.78, 5) is 0. The lowest BCUT2D eigenvalue weighted by molar-refractivity contribution is 0.00894. The molecular formula is C15H28N2OS. The topological polar surface area (TPSA) is 47.3 Å². The van der Waals surface area contributed by atoms with Crippen molar-refractivity contribution in [3.8, 4) is 0 Å². The Balaban J connectivity index is 1.41. The molecule has 3 aliphatic rings. The third kappa shape index (κ3) is 3.46. The quantitative estimate of drug-likeness (QED) is 0.836. The summed E-state index contributed by atoms with van der Waals surface area (Å²) in [5, 5.41) is 5.14. The highest BCUT2D eigenvalue weighted by Gasteiger charge is 2.36. The predicted molar refractivity (Wildman–Crippen MR) is 81.3 cm³/mol. The molecule has 3 rings (SSSR count). The van der Waals surface area contributed by atoms with Crippen LogP contribution in [-0.2, 0) is 4.74 Å². The molecule has 0 bridgehead atoms. The second-order valence-corrected chi connectivity index (χ2v) is 8.08. The maximum Gasteiger partial charge on any atom is 0.0775 e. The second-order valence-electron chi connectivity index (χ2n) is 6.63. The largest absolute Gasteiger partial charge is 0.376 e. The minimum Gasteiger partial charge on any atom is -0.376 e. The lowest BCUT2D eigenvalue weighted by Gasteiger charge is -2.32. The highest BCUT2D eigenvalue weighted by Crippen LogP contribution is 2.37. The Hall–Kier alpha value is 0.230. The van der Waals surface area contributed by atoms with Crippen LogP contribution >= 0.6 is 11.8 Å². The van der Waals surface area contributed by atoms with Crippen molar-refractivity contribution in [2.45, 2.75) is 80.7 Å². The van der Waals surface area contributed by atoms with Crippen LogP contribution in [0.1, 0.15) is 51.9 Å². The van der Waals surface area contributed by atoms with Crippen LogP contribution in [0.2, 0.25) is 0 Å². The Morgan fingerprint density at radius 3 is 2.84 bits per heavy atom. The summed E-state index contributed by atoms with van der Waals surface area (Å²) in [5.74, 6) is 0.616. The minimum absolute atomic E-state index is 0.390. The van der Waals surface area contributed by atoms with Gasteiger partial charge in [0.25, 0.3) is 0 Å². The van der Waals surface area contributed by atoms with Crippen LogP contribution in [0.4, 0.5) is 0 Å². The van der Waals surface area contributed by atoms with Gasteiger partial charge in [-0.05, 0) is 38.0 Å². The van der Waals surface area contributed by atoms with Crippen molar-refractivity contribution in [3.63, 3.8) is 0 Å². The van der Waals surface area contributed by atoms with Crippen molar-refractivity contribution in [1.29, 1.82) is 0 Å². The number of hydrogen-bond donors (Lipinski definition) is 2. The Kier molecular flexibility index (Phi) is 4.73. The molecule has 4 heteroatoms. The van der Waals surface area contributed by atoms with E-state index in [0.717, 1.165) is 37.2 Å². The molecule has 0 aromatic rings. The standard InChI is InChI=1S/C15H28N2OS/c1-10-8-11(6-7-12(10)16)18-9-15-17-13-4-2-3-5-14(13)19-15/h10-15,17H,2-9,16H2,1H3. The Bertz CT molecular complexity index is 288. The van der Waals surface area contributed by atoms with Crippen LogP contribution in [0.5, 0.6) is 0 Å². The van der Waals surface area contributed by atoms with Crippen LogP contribution in [0.3, 0.4) is 0 Å². The van der Waals surface area contributed by atoms with Gasteiger partial charge >= 0.3 is 0 Å². The van der Waals surface area contributed by atoms with Gasteiger partial charge in [0.2, 0.25) is 0 Å². The monoisotopic (exact) mass is 284 g/mol. The first kappa shape index (κ1) is 14.2. The van der Waals surface area contributed by atoms with Gasteiger partial charge < -0.3 is 10.5 Å². The molecule has 0 aromatic carbocycles. The Labute approximate surface area is 121 Å². The van der Waals surface area contributed by atoms with E-state index in [9.17, 15) is 0 Å². The number of nitrogens with two attached hydrogens (primary N) is 1. The summed E-state index contributed by atoms with van der Waals surface area (Å²) >= 11 is 2.12. The van der Waals surface area contributed by atoms with E-state index >= 15 is 0 Å². The highest BCUT2D eigenvalue weighted by molar-refractivity contribution is 8.00. The van der Waals surface area contributed by atoms with Crippen molar-refractivity contribution in [2.24, 2.45) is 11.7 Å². The predicted octanol–water partition coefficient (Wildman–Crippen LogP) is 2.49. The molecule has 19 heavy (non-hydrogen) atoms. The maximum atomic E-state index is 6.15. The first-order chi connectivity index (χ1) is 9.22. The smallest absolute Gasteiger partial charge is 0.0775 e. The summed E-state index contributed by atoms with van der Waals surface area (Å²) in [6.45, 7) is 3.14. The summed E-state index contributed by atoms with van der Waals surface area (Å²) in [7, 11) is 0. The van der Waals surface area contributed by atoms with E-state index in [1.807, 2.05) is 0 Å². The number of fused-ring (bicyclic) bond motifs is 1. The van der Waals surface area contributed by atoms with Crippen molar-refractivity contribution in [2.75, 3.05) is 6.61 Å². The maximum absolute atomic E-state index is 6.15. The van der Waals surface area contributed by atoms with Crippen molar-refractivity contribution in [3.05, 3.63) is 0 Å². The molecule has 0 amide bonds. The number of rotatable bonds is 3. The average molecular weight is 284 g/mol. The first-order valence-electron chi connectivity index (χ1n) is 8.01. The van der Waals surface area contributed by atoms with Gasteiger partial charge in [0, 0.05) is 17.3 Å². The molecule has 6 atom stereocenters. The first-order valence-corrected chi connectivity index (χ1v) is 8.95. The lowest BCUT2D eigenvalue weighted by atomic mass is 9.85. The van der Waals surface area contributed by atoms with E-state index in [1.165, 1.54) is 25.7 Å². The fraction of sp³-hybridized carbons (Fsp3) is 1.00. The molecule has 0 radical (unpaired) electrons. The highest BCUT2D eigenvalue weighted by atomic mass is 32.2. The molecule has 0 aromatic heterocycles. The van der Waals surface area contributed by atoms with E-state index < -0.39 is 0 Å². The molecule has 1 heterocycles. The van der Waals surface area contributed by atoms with Crippen molar-refractivity contribution >= 4 is 11.8 Å². The fourth-order valence-corrected chi connectivity index (χ4v) is 5.31. The SMILES string of the molecule is CC1CC(OCC2NC3CCCCC3S2)CCC1N. The third-order valence-corrected chi connectivity index (χ3v) is 6.63. The molecule has 110 valence electrons. The van der Waals surface area contributed by atoms with Gasteiger partial charge in [0.1, 0.15) is 0 Å². The minimum atomic E-state index is 0.390. The molecule has 3 nitrogen and oxygen atoms in total. The van der Waals surface area contributed by atoms with Crippen LogP contribution in [0.25, 0.3) is 0 Å². The summed E-state index contributed by atoms with van der Waals surface area (Å²) in [6.07, 6.45) is 9.45. The zero-order valence-corrected chi connectivity index (χ0v) is 12.8. The fourth-order valence-electron chi connectivity index (χ4n) is 3.77. The van der Waals surface area contributed by atoms with Gasteiger partial charge in [-0.15, -0.1) is 11.8 Å². The van der Waals surface area contributed by atoms with Gasteiger partial charge in [-0.3, -0.25) is 5.32 Å². The average Bonchev–Trinajstić information content (AvgIpc) is 2.83. The summed E-state index contributed by atoms with van der Waals surface area (Å²) in [6, 6.07) is 1.15. The molecule has 1 aliphatic heterocycles. The molecule has 0 spiro atoms. The van der Waals surface area contributed by atoms with Gasteiger partial charge in [-0.1, -0.05) is 19.8 Å². The molecule has 3 N–H and O–H groups in total. The molecule has 6 unspecified atom stereocenters. The van der Waals surface area contributed by atoms with Crippen LogP contribution in [0.15, 0.2) is 0 Å². The number of ether oxygens (including phenoxy) is 1. The molecule has 2 aliphatic carbocycles. The zero-order chi connectivity index (χ0) is 13.2. The molecular weight excluding hydrogens is 256 g/mol. The molecule has 2 saturated carbocycles. The van der Waals surface area contributed by atoms with Crippen LogP contribution in [-0.4, -0.2) is 35.4 Å².